The molecule has 0 bridgehead atoms. The minimum absolute atomic E-state index is 0.275. The number of ether oxygens (including phenoxy) is 3. The number of anilines is 1. The van der Waals surface area contributed by atoms with Gasteiger partial charge in [-0.1, -0.05) is 25.4 Å². The van der Waals surface area contributed by atoms with Gasteiger partial charge in [0.25, 0.3) is 0 Å². The number of amides is 2. The van der Waals surface area contributed by atoms with Crippen LogP contribution in [0.2, 0.25) is 5.02 Å². The van der Waals surface area contributed by atoms with Gasteiger partial charge in [0.2, 0.25) is 0 Å². The molecule has 6 nitrogen and oxygen atoms in total. The van der Waals surface area contributed by atoms with E-state index < -0.39 is 0 Å². The highest BCUT2D eigenvalue weighted by Gasteiger charge is 2.06. The topological polar surface area (TPSA) is 68.8 Å². The third-order valence-electron chi connectivity index (χ3n) is 2.94. The average molecular weight is 359 g/mol. The van der Waals surface area contributed by atoms with Crippen LogP contribution in [0.4, 0.5) is 10.5 Å². The predicted octanol–water partition coefficient (Wildman–Crippen LogP) is 3.55. The highest BCUT2D eigenvalue weighted by atomic mass is 35.5. The number of rotatable bonds is 11. The standard InChI is InChI=1S/C17H27ClN2O4/c1-13(2)12-23-8-4-7-19-17(21)20-14-5-6-16(15(18)11-14)24-10-9-22-3/h5-6,11,13H,4,7-10,12H2,1-3H3,(H2,19,20,21). The van der Waals surface area contributed by atoms with Gasteiger partial charge in [0.15, 0.2) is 0 Å². The SMILES string of the molecule is COCCOc1ccc(NC(=O)NCCCOCC(C)C)cc1Cl. The van der Waals surface area contributed by atoms with Crippen molar-refractivity contribution in [1.82, 2.24) is 5.32 Å². The molecule has 0 heterocycles. The lowest BCUT2D eigenvalue weighted by Crippen LogP contribution is -2.30. The summed E-state index contributed by atoms with van der Waals surface area (Å²) in [5.74, 6) is 1.08. The van der Waals surface area contributed by atoms with Crippen LogP contribution in [-0.4, -0.2) is 46.1 Å². The summed E-state index contributed by atoms with van der Waals surface area (Å²) in [6, 6.07) is 4.82. The Labute approximate surface area is 148 Å². The van der Waals surface area contributed by atoms with Crippen LogP contribution in [0.5, 0.6) is 5.75 Å². The van der Waals surface area contributed by atoms with Crippen molar-refractivity contribution in [3.8, 4) is 5.75 Å². The van der Waals surface area contributed by atoms with Crippen molar-refractivity contribution in [2.75, 3.05) is 45.4 Å². The smallest absolute Gasteiger partial charge is 0.319 e. The van der Waals surface area contributed by atoms with Crippen molar-refractivity contribution in [2.45, 2.75) is 20.3 Å². The number of hydrogen-bond donors (Lipinski definition) is 2. The minimum atomic E-state index is -0.275. The Morgan fingerprint density at radius 1 is 1.25 bits per heavy atom. The molecule has 2 N–H and O–H groups in total. The summed E-state index contributed by atoms with van der Waals surface area (Å²) < 4.78 is 15.8. The lowest BCUT2D eigenvalue weighted by Gasteiger charge is -2.11. The average Bonchev–Trinajstić information content (AvgIpc) is 2.52. The Balaban J connectivity index is 2.27. The maximum absolute atomic E-state index is 11.8. The van der Waals surface area contributed by atoms with Gasteiger partial charge in [-0.15, -0.1) is 0 Å². The molecule has 0 aliphatic rings. The molecule has 0 aromatic heterocycles. The molecule has 0 atom stereocenters. The number of halogens is 1. The number of urea groups is 1. The number of nitrogens with one attached hydrogen (secondary N) is 2. The second-order valence-electron chi connectivity index (χ2n) is 5.69. The molecule has 0 saturated heterocycles. The quantitative estimate of drug-likeness (QED) is 0.593. The van der Waals surface area contributed by atoms with E-state index in [4.69, 9.17) is 25.8 Å². The molecule has 136 valence electrons. The number of benzene rings is 1. The number of carbonyl (C=O) groups excluding carboxylic acids is 1. The van der Waals surface area contributed by atoms with Crippen LogP contribution in [0.3, 0.4) is 0 Å². The summed E-state index contributed by atoms with van der Waals surface area (Å²) in [7, 11) is 1.60. The highest BCUT2D eigenvalue weighted by Crippen LogP contribution is 2.27. The molecule has 0 saturated carbocycles. The second-order valence-corrected chi connectivity index (χ2v) is 6.10. The Hall–Kier alpha value is -1.50. The van der Waals surface area contributed by atoms with Gasteiger partial charge in [0, 0.05) is 32.6 Å². The zero-order chi connectivity index (χ0) is 17.8. The van der Waals surface area contributed by atoms with Crippen LogP contribution >= 0.6 is 11.6 Å². The number of methoxy groups -OCH3 is 1. The van der Waals surface area contributed by atoms with Crippen LogP contribution in [0.1, 0.15) is 20.3 Å². The predicted molar refractivity (Wildman–Crippen MR) is 96.1 cm³/mol. The summed E-state index contributed by atoms with van der Waals surface area (Å²) in [5, 5.41) is 5.94. The molecule has 1 rings (SSSR count). The fourth-order valence-corrected chi connectivity index (χ4v) is 2.04. The van der Waals surface area contributed by atoms with Gasteiger partial charge in [0.05, 0.1) is 11.6 Å². The Bertz CT molecular complexity index is 497. The van der Waals surface area contributed by atoms with Gasteiger partial charge >= 0.3 is 6.03 Å². The van der Waals surface area contributed by atoms with E-state index in [9.17, 15) is 4.79 Å². The number of hydrogen-bond acceptors (Lipinski definition) is 4. The molecule has 0 aliphatic heterocycles. The van der Waals surface area contributed by atoms with Crippen molar-refractivity contribution in [3.63, 3.8) is 0 Å². The normalized spacial score (nSPS) is 10.7. The van der Waals surface area contributed by atoms with Crippen molar-refractivity contribution in [2.24, 2.45) is 5.92 Å². The molecule has 1 aromatic rings. The fourth-order valence-electron chi connectivity index (χ4n) is 1.80. The van der Waals surface area contributed by atoms with E-state index in [1.54, 1.807) is 25.3 Å². The maximum atomic E-state index is 11.8. The molecule has 0 unspecified atom stereocenters. The van der Waals surface area contributed by atoms with Gasteiger partial charge in [-0.3, -0.25) is 0 Å². The molecular formula is C17H27ClN2O4. The number of carbonyl (C=O) groups is 1. The fraction of sp³-hybridized carbons (Fsp3) is 0.588. The van der Waals surface area contributed by atoms with E-state index in [1.165, 1.54) is 0 Å². The molecule has 1 aromatic carbocycles. The van der Waals surface area contributed by atoms with E-state index in [-0.39, 0.29) is 6.03 Å². The molecule has 7 heteroatoms. The van der Waals surface area contributed by atoms with Gasteiger partial charge < -0.3 is 24.8 Å². The van der Waals surface area contributed by atoms with Gasteiger partial charge in [-0.05, 0) is 30.5 Å². The van der Waals surface area contributed by atoms with E-state index in [2.05, 4.69) is 24.5 Å². The second kappa shape index (κ2) is 11.9. The molecule has 2 amide bonds. The highest BCUT2D eigenvalue weighted by molar-refractivity contribution is 6.32. The molecule has 0 aliphatic carbocycles. The van der Waals surface area contributed by atoms with Crippen LogP contribution in [0.25, 0.3) is 0 Å². The largest absolute Gasteiger partial charge is 0.490 e. The third-order valence-corrected chi connectivity index (χ3v) is 3.23. The lowest BCUT2D eigenvalue weighted by molar-refractivity contribution is 0.108. The molecule has 0 fully saturated rings. The maximum Gasteiger partial charge on any atom is 0.319 e. The van der Waals surface area contributed by atoms with Crippen molar-refractivity contribution in [1.29, 1.82) is 0 Å². The van der Waals surface area contributed by atoms with Gasteiger partial charge in [-0.2, -0.15) is 0 Å². The van der Waals surface area contributed by atoms with Crippen molar-refractivity contribution < 1.29 is 19.0 Å². The summed E-state index contributed by atoms with van der Waals surface area (Å²) in [6.07, 6.45) is 0.771. The Kier molecular flexibility index (Phi) is 10.2. The third kappa shape index (κ3) is 8.96. The first-order valence-electron chi connectivity index (χ1n) is 8.06. The van der Waals surface area contributed by atoms with Gasteiger partial charge in [0.1, 0.15) is 12.4 Å². The van der Waals surface area contributed by atoms with Crippen molar-refractivity contribution in [3.05, 3.63) is 23.2 Å². The Morgan fingerprint density at radius 3 is 2.71 bits per heavy atom. The molecule has 0 radical (unpaired) electrons. The van der Waals surface area contributed by atoms with Gasteiger partial charge in [-0.25, -0.2) is 4.79 Å². The molecular weight excluding hydrogens is 332 g/mol. The zero-order valence-corrected chi connectivity index (χ0v) is 15.3. The summed E-state index contributed by atoms with van der Waals surface area (Å²) in [6.45, 7) is 7.04. The van der Waals surface area contributed by atoms with E-state index in [0.29, 0.717) is 48.7 Å². The summed E-state index contributed by atoms with van der Waals surface area (Å²) >= 11 is 6.12. The van der Waals surface area contributed by atoms with Crippen LogP contribution in [0, 0.1) is 5.92 Å². The molecule has 0 spiro atoms. The van der Waals surface area contributed by atoms with Crippen LogP contribution in [0.15, 0.2) is 18.2 Å². The summed E-state index contributed by atoms with van der Waals surface area (Å²) in [5.41, 5.74) is 0.604. The first kappa shape index (κ1) is 20.5. The molecule has 24 heavy (non-hydrogen) atoms. The minimum Gasteiger partial charge on any atom is -0.490 e. The lowest BCUT2D eigenvalue weighted by atomic mass is 10.2. The van der Waals surface area contributed by atoms with E-state index >= 15 is 0 Å². The van der Waals surface area contributed by atoms with E-state index in [0.717, 1.165) is 13.0 Å². The van der Waals surface area contributed by atoms with Crippen LogP contribution < -0.4 is 15.4 Å². The van der Waals surface area contributed by atoms with Crippen LogP contribution in [-0.2, 0) is 9.47 Å². The van der Waals surface area contributed by atoms with E-state index in [1.807, 2.05) is 0 Å². The first-order chi connectivity index (χ1) is 11.5. The monoisotopic (exact) mass is 358 g/mol. The first-order valence-corrected chi connectivity index (χ1v) is 8.44. The zero-order valence-electron chi connectivity index (χ0n) is 14.6. The summed E-state index contributed by atoms with van der Waals surface area (Å²) in [4.78, 5) is 11.8. The van der Waals surface area contributed by atoms with Crippen molar-refractivity contribution >= 4 is 23.3 Å². The Morgan fingerprint density at radius 2 is 2.04 bits per heavy atom.